The number of rotatable bonds is 4. The van der Waals surface area contributed by atoms with E-state index in [1.54, 1.807) is 24.5 Å². The summed E-state index contributed by atoms with van der Waals surface area (Å²) in [4.78, 5) is 5.04. The smallest absolute Gasteiger partial charge is 0.448 e. The predicted molar refractivity (Wildman–Crippen MR) is 49.6 cm³/mol. The van der Waals surface area contributed by atoms with Crippen LogP contribution in [0.2, 0.25) is 0 Å². The van der Waals surface area contributed by atoms with E-state index in [1.165, 1.54) is 11.9 Å². The first-order chi connectivity index (χ1) is 6.47. The molecule has 0 unspecified atom stereocenters. The van der Waals surface area contributed by atoms with E-state index in [1.807, 2.05) is 0 Å². The monoisotopic (exact) mass is 242 g/mol. The van der Waals surface area contributed by atoms with Crippen molar-refractivity contribution >= 4 is 6.98 Å². The molecule has 0 aliphatic carbocycles. The molecule has 0 aliphatic heterocycles. The van der Waals surface area contributed by atoms with Gasteiger partial charge >= 0.3 is 58.4 Å². The Labute approximate surface area is 130 Å². The molecule has 1 rings (SSSR count). The zero-order chi connectivity index (χ0) is 10.6. The molecule has 0 saturated heterocycles. The molecule has 2 nitrogen and oxygen atoms in total. The van der Waals surface area contributed by atoms with Crippen LogP contribution in [0.5, 0.6) is 0 Å². The third kappa shape index (κ3) is 7.48. The summed E-state index contributed by atoms with van der Waals surface area (Å²) in [6, 6.07) is 3.42. The molecule has 0 fully saturated rings. The van der Waals surface area contributed by atoms with E-state index in [0.717, 1.165) is 5.56 Å². The Hall–Kier alpha value is 0.601. The molecule has 1 aromatic heterocycles. The normalized spacial score (nSPS) is 11.3. The van der Waals surface area contributed by atoms with E-state index >= 15 is 0 Å². The SMILES string of the molecule is CN(Cc1ccncc1)C[B-](F)(F)F.[K+]. The number of halogens is 3. The van der Waals surface area contributed by atoms with Crippen LogP contribution in [0.4, 0.5) is 12.9 Å². The molecule has 0 aliphatic rings. The van der Waals surface area contributed by atoms with Gasteiger partial charge in [0.2, 0.25) is 0 Å². The zero-order valence-electron chi connectivity index (χ0n) is 8.83. The summed E-state index contributed by atoms with van der Waals surface area (Å²) in [5.41, 5.74) is 0.836. The van der Waals surface area contributed by atoms with E-state index in [4.69, 9.17) is 0 Å². The Morgan fingerprint density at radius 1 is 1.27 bits per heavy atom. The van der Waals surface area contributed by atoms with Gasteiger partial charge in [-0.1, -0.05) is 0 Å². The molecule has 0 aromatic carbocycles. The summed E-state index contributed by atoms with van der Waals surface area (Å²) in [5, 5.41) is 0. The Kier molecular flexibility index (Phi) is 7.31. The van der Waals surface area contributed by atoms with Gasteiger partial charge in [-0.3, -0.25) is 4.98 Å². The van der Waals surface area contributed by atoms with Crippen molar-refractivity contribution in [1.29, 1.82) is 0 Å². The van der Waals surface area contributed by atoms with E-state index < -0.39 is 13.4 Å². The van der Waals surface area contributed by atoms with Crippen LogP contribution in [-0.2, 0) is 6.54 Å². The number of nitrogens with zero attached hydrogens (tertiary/aromatic N) is 2. The van der Waals surface area contributed by atoms with Crippen molar-refractivity contribution in [3.05, 3.63) is 30.1 Å². The van der Waals surface area contributed by atoms with Gasteiger partial charge in [-0.15, -0.1) is 0 Å². The minimum atomic E-state index is -4.73. The summed E-state index contributed by atoms with van der Waals surface area (Å²) < 4.78 is 36.1. The maximum absolute atomic E-state index is 12.0. The van der Waals surface area contributed by atoms with Crippen LogP contribution in [0.25, 0.3) is 0 Å². The van der Waals surface area contributed by atoms with Crippen LogP contribution in [0.1, 0.15) is 5.56 Å². The fraction of sp³-hybridized carbons (Fsp3) is 0.375. The van der Waals surface area contributed by atoms with Crippen molar-refractivity contribution in [2.45, 2.75) is 6.54 Å². The Morgan fingerprint density at radius 2 is 1.80 bits per heavy atom. The van der Waals surface area contributed by atoms with Crippen LogP contribution in [0.3, 0.4) is 0 Å². The second kappa shape index (κ2) is 7.03. The minimum absolute atomic E-state index is 0. The first-order valence-electron chi connectivity index (χ1n) is 4.26. The molecular weight excluding hydrogens is 231 g/mol. The minimum Gasteiger partial charge on any atom is -0.448 e. The average molecular weight is 242 g/mol. The van der Waals surface area contributed by atoms with Gasteiger partial charge in [0, 0.05) is 18.9 Å². The molecule has 0 N–H and O–H groups in total. The topological polar surface area (TPSA) is 16.1 Å². The number of hydrogen-bond donors (Lipinski definition) is 0. The summed E-state index contributed by atoms with van der Waals surface area (Å²) in [5.74, 6) is 0. The van der Waals surface area contributed by atoms with Crippen molar-refractivity contribution < 1.29 is 64.3 Å². The zero-order valence-corrected chi connectivity index (χ0v) is 12.0. The van der Waals surface area contributed by atoms with Gasteiger partial charge in [0.05, 0.1) is 0 Å². The summed E-state index contributed by atoms with van der Waals surface area (Å²) in [6.07, 6.45) is 2.31. The predicted octanol–water partition coefficient (Wildman–Crippen LogP) is -1.10. The van der Waals surface area contributed by atoms with Crippen molar-refractivity contribution in [1.82, 2.24) is 9.88 Å². The van der Waals surface area contributed by atoms with E-state index in [-0.39, 0.29) is 51.4 Å². The molecular formula is C8H11BF3KN2. The van der Waals surface area contributed by atoms with Gasteiger partial charge in [-0.2, -0.15) is 0 Å². The Balaban J connectivity index is 0.00000196. The maximum atomic E-state index is 12.0. The third-order valence-electron chi connectivity index (χ3n) is 1.72. The maximum Gasteiger partial charge on any atom is 1.00 e. The fourth-order valence-electron chi connectivity index (χ4n) is 1.22. The first-order valence-corrected chi connectivity index (χ1v) is 4.26. The second-order valence-electron chi connectivity index (χ2n) is 3.26. The molecule has 0 bridgehead atoms. The quantitative estimate of drug-likeness (QED) is 0.623. The molecule has 0 spiro atoms. The number of hydrogen-bond acceptors (Lipinski definition) is 2. The van der Waals surface area contributed by atoms with Crippen LogP contribution in [0.15, 0.2) is 24.5 Å². The van der Waals surface area contributed by atoms with Gasteiger partial charge in [-0.25, -0.2) is 0 Å². The molecule has 1 heterocycles. The molecule has 0 saturated carbocycles. The molecule has 15 heavy (non-hydrogen) atoms. The van der Waals surface area contributed by atoms with Crippen molar-refractivity contribution in [3.63, 3.8) is 0 Å². The van der Waals surface area contributed by atoms with Gasteiger partial charge in [0.1, 0.15) is 0 Å². The van der Waals surface area contributed by atoms with E-state index in [0.29, 0.717) is 6.54 Å². The fourth-order valence-corrected chi connectivity index (χ4v) is 1.22. The largest absolute Gasteiger partial charge is 1.00 e. The Morgan fingerprint density at radius 3 is 2.27 bits per heavy atom. The number of pyridine rings is 1. The second-order valence-corrected chi connectivity index (χ2v) is 3.26. The Bertz CT molecular complexity index is 281. The van der Waals surface area contributed by atoms with E-state index in [9.17, 15) is 12.9 Å². The third-order valence-corrected chi connectivity index (χ3v) is 1.72. The molecule has 0 atom stereocenters. The van der Waals surface area contributed by atoms with Crippen LogP contribution < -0.4 is 51.4 Å². The van der Waals surface area contributed by atoms with Crippen molar-refractivity contribution in [2.24, 2.45) is 0 Å². The van der Waals surface area contributed by atoms with Gasteiger partial charge in [0.15, 0.2) is 0 Å². The molecule has 78 valence electrons. The van der Waals surface area contributed by atoms with Crippen LogP contribution >= 0.6 is 0 Å². The first kappa shape index (κ1) is 15.6. The van der Waals surface area contributed by atoms with Crippen LogP contribution in [-0.4, -0.2) is 30.4 Å². The van der Waals surface area contributed by atoms with Gasteiger partial charge in [-0.05, 0) is 31.2 Å². The summed E-state index contributed by atoms with van der Waals surface area (Å²) >= 11 is 0. The molecule has 1 aromatic rings. The number of aromatic nitrogens is 1. The summed E-state index contributed by atoms with van der Waals surface area (Å²) in [6.45, 7) is -4.44. The van der Waals surface area contributed by atoms with Gasteiger partial charge < -0.3 is 17.8 Å². The molecule has 0 radical (unpaired) electrons. The van der Waals surface area contributed by atoms with Crippen LogP contribution in [0, 0.1) is 0 Å². The molecule has 0 amide bonds. The average Bonchev–Trinajstić information content (AvgIpc) is 2.02. The standard InChI is InChI=1S/C8H11BF3N2.K/c1-14(7-9(10,11)12)6-8-2-4-13-5-3-8;/h2-5H,6-7H2,1H3;/q-1;+1. The van der Waals surface area contributed by atoms with Crippen molar-refractivity contribution in [3.8, 4) is 0 Å². The molecule has 7 heteroatoms. The van der Waals surface area contributed by atoms with E-state index in [2.05, 4.69) is 4.98 Å². The summed E-state index contributed by atoms with van der Waals surface area (Å²) in [7, 11) is 1.45. The van der Waals surface area contributed by atoms with Crippen molar-refractivity contribution in [2.75, 3.05) is 13.5 Å². The van der Waals surface area contributed by atoms with Gasteiger partial charge in [0.25, 0.3) is 0 Å².